The lowest BCUT2D eigenvalue weighted by Crippen LogP contribution is -2.47. The first-order chi connectivity index (χ1) is 8.69. The van der Waals surface area contributed by atoms with E-state index in [-0.39, 0.29) is 5.92 Å². The van der Waals surface area contributed by atoms with Gasteiger partial charge < -0.3 is 10.1 Å². The third kappa shape index (κ3) is 4.96. The van der Waals surface area contributed by atoms with Crippen molar-refractivity contribution in [3.8, 4) is 6.07 Å². The molecule has 0 aromatic carbocycles. The fraction of sp³-hybridized carbons (Fsp3) is 0.933. The van der Waals surface area contributed by atoms with Gasteiger partial charge in [-0.25, -0.2) is 0 Å². The summed E-state index contributed by atoms with van der Waals surface area (Å²) in [4.78, 5) is 0. The van der Waals surface area contributed by atoms with Gasteiger partial charge in [-0.15, -0.1) is 0 Å². The Hall–Kier alpha value is -0.590. The van der Waals surface area contributed by atoms with E-state index in [0.29, 0.717) is 18.0 Å². The van der Waals surface area contributed by atoms with Crippen molar-refractivity contribution in [1.82, 2.24) is 5.32 Å². The van der Waals surface area contributed by atoms with E-state index in [0.717, 1.165) is 26.1 Å². The van der Waals surface area contributed by atoms with Crippen LogP contribution in [0.3, 0.4) is 0 Å². The molecule has 1 fully saturated rings. The summed E-state index contributed by atoms with van der Waals surface area (Å²) in [7, 11) is 0. The van der Waals surface area contributed by atoms with E-state index in [1.54, 1.807) is 0 Å². The highest BCUT2D eigenvalue weighted by Crippen LogP contribution is 2.24. The van der Waals surface area contributed by atoms with Gasteiger partial charge in [-0.05, 0) is 25.7 Å². The molecule has 0 spiro atoms. The third-order valence-electron chi connectivity index (χ3n) is 3.92. The number of nitrogens with one attached hydrogen (secondary N) is 1. The number of hydrogen-bond donors (Lipinski definition) is 1. The normalized spacial score (nSPS) is 26.6. The van der Waals surface area contributed by atoms with Gasteiger partial charge in [-0.2, -0.15) is 5.26 Å². The van der Waals surface area contributed by atoms with Crippen molar-refractivity contribution in [3.63, 3.8) is 0 Å². The average Bonchev–Trinajstić information content (AvgIpc) is 2.58. The maximum atomic E-state index is 9.29. The van der Waals surface area contributed by atoms with Gasteiger partial charge in [0.15, 0.2) is 0 Å². The molecule has 3 nitrogen and oxygen atoms in total. The molecule has 3 heteroatoms. The van der Waals surface area contributed by atoms with E-state index in [1.165, 1.54) is 19.3 Å². The summed E-state index contributed by atoms with van der Waals surface area (Å²) >= 11 is 0. The quantitative estimate of drug-likeness (QED) is 0.739. The van der Waals surface area contributed by atoms with Crippen LogP contribution in [0.4, 0.5) is 0 Å². The second-order valence-corrected chi connectivity index (χ2v) is 5.66. The van der Waals surface area contributed by atoms with Crippen LogP contribution >= 0.6 is 0 Å². The van der Waals surface area contributed by atoms with Crippen LogP contribution in [0.25, 0.3) is 0 Å². The zero-order valence-electron chi connectivity index (χ0n) is 12.1. The Labute approximate surface area is 112 Å². The summed E-state index contributed by atoms with van der Waals surface area (Å²) < 4.78 is 5.55. The minimum Gasteiger partial charge on any atom is -0.380 e. The number of ether oxygens (including phenoxy) is 1. The largest absolute Gasteiger partial charge is 0.380 e. The van der Waals surface area contributed by atoms with Crippen molar-refractivity contribution in [1.29, 1.82) is 5.26 Å². The Balaban J connectivity index is 2.56. The van der Waals surface area contributed by atoms with Gasteiger partial charge in [-0.3, -0.25) is 0 Å². The van der Waals surface area contributed by atoms with Gasteiger partial charge in [-0.1, -0.05) is 33.1 Å². The van der Waals surface area contributed by atoms with Crippen molar-refractivity contribution in [2.75, 3.05) is 13.2 Å². The van der Waals surface area contributed by atoms with Crippen LogP contribution in [-0.4, -0.2) is 25.3 Å². The van der Waals surface area contributed by atoms with E-state index < -0.39 is 0 Å². The lowest BCUT2D eigenvalue weighted by Gasteiger charge is -2.29. The molecular weight excluding hydrogens is 224 g/mol. The van der Waals surface area contributed by atoms with Gasteiger partial charge in [0.25, 0.3) is 0 Å². The van der Waals surface area contributed by atoms with Crippen LogP contribution < -0.4 is 5.32 Å². The first-order valence-corrected chi connectivity index (χ1v) is 7.42. The molecule has 3 atom stereocenters. The van der Waals surface area contributed by atoms with Crippen molar-refractivity contribution >= 4 is 0 Å². The first-order valence-electron chi connectivity index (χ1n) is 7.42. The zero-order valence-corrected chi connectivity index (χ0v) is 12.1. The van der Waals surface area contributed by atoms with Gasteiger partial charge >= 0.3 is 0 Å². The molecule has 1 aliphatic rings. The van der Waals surface area contributed by atoms with E-state index in [1.807, 2.05) is 6.92 Å². The van der Waals surface area contributed by atoms with Crippen LogP contribution in [0.1, 0.15) is 52.9 Å². The molecule has 1 rings (SSSR count). The summed E-state index contributed by atoms with van der Waals surface area (Å²) in [6.07, 6.45) is 5.90. The predicted molar refractivity (Wildman–Crippen MR) is 74.2 cm³/mol. The summed E-state index contributed by atoms with van der Waals surface area (Å²) in [5.74, 6) is 0.717. The van der Waals surface area contributed by atoms with E-state index >= 15 is 0 Å². The lowest BCUT2D eigenvalue weighted by atomic mass is 9.94. The Kier molecular flexibility index (Phi) is 7.31. The molecule has 1 N–H and O–H groups in total. The maximum absolute atomic E-state index is 9.29. The molecule has 1 saturated carbocycles. The SMILES string of the molecule is CCOCC(NC1CCCCCC1C#N)C(C)C. The molecule has 0 aliphatic heterocycles. The number of rotatable bonds is 6. The highest BCUT2D eigenvalue weighted by molar-refractivity contribution is 4.95. The first kappa shape index (κ1) is 15.5. The number of hydrogen-bond acceptors (Lipinski definition) is 3. The molecule has 18 heavy (non-hydrogen) atoms. The third-order valence-corrected chi connectivity index (χ3v) is 3.92. The summed E-state index contributed by atoms with van der Waals surface area (Å²) in [6, 6.07) is 3.21. The summed E-state index contributed by atoms with van der Waals surface area (Å²) in [5.41, 5.74) is 0. The molecule has 104 valence electrons. The molecule has 0 aromatic rings. The minimum atomic E-state index is 0.176. The van der Waals surface area contributed by atoms with Crippen LogP contribution in [0.15, 0.2) is 0 Å². The van der Waals surface area contributed by atoms with Crippen LogP contribution in [0.2, 0.25) is 0 Å². The zero-order chi connectivity index (χ0) is 13.4. The lowest BCUT2D eigenvalue weighted by molar-refractivity contribution is 0.0998. The smallest absolute Gasteiger partial charge is 0.0672 e. The second-order valence-electron chi connectivity index (χ2n) is 5.66. The van der Waals surface area contributed by atoms with Gasteiger partial charge in [0.1, 0.15) is 0 Å². The molecule has 0 bridgehead atoms. The van der Waals surface area contributed by atoms with Crippen molar-refractivity contribution < 1.29 is 4.74 Å². The standard InChI is InChI=1S/C15H28N2O/c1-4-18-11-15(12(2)3)17-14-9-7-5-6-8-13(14)10-16/h12-15,17H,4-9,11H2,1-3H3. The van der Waals surface area contributed by atoms with E-state index in [4.69, 9.17) is 4.74 Å². The van der Waals surface area contributed by atoms with E-state index in [2.05, 4.69) is 25.2 Å². The van der Waals surface area contributed by atoms with Crippen LogP contribution in [-0.2, 0) is 4.74 Å². The monoisotopic (exact) mass is 252 g/mol. The molecule has 1 aliphatic carbocycles. The number of nitrogens with zero attached hydrogens (tertiary/aromatic N) is 1. The molecule has 3 unspecified atom stereocenters. The predicted octanol–water partition coefficient (Wildman–Crippen LogP) is 3.11. The second kappa shape index (κ2) is 8.50. The Bertz CT molecular complexity index is 260. The van der Waals surface area contributed by atoms with Gasteiger partial charge in [0.2, 0.25) is 0 Å². The van der Waals surface area contributed by atoms with Crippen LogP contribution in [0, 0.1) is 23.2 Å². The molecule has 0 amide bonds. The molecule has 0 heterocycles. The molecular formula is C15H28N2O. The molecule has 0 saturated heterocycles. The average molecular weight is 252 g/mol. The van der Waals surface area contributed by atoms with Crippen molar-refractivity contribution in [2.45, 2.75) is 65.0 Å². The van der Waals surface area contributed by atoms with Crippen LogP contribution in [0.5, 0.6) is 0 Å². The van der Waals surface area contributed by atoms with Crippen molar-refractivity contribution in [2.24, 2.45) is 11.8 Å². The maximum Gasteiger partial charge on any atom is 0.0672 e. The highest BCUT2D eigenvalue weighted by Gasteiger charge is 2.26. The summed E-state index contributed by atoms with van der Waals surface area (Å²) in [6.45, 7) is 7.98. The Morgan fingerprint density at radius 2 is 2.00 bits per heavy atom. The van der Waals surface area contributed by atoms with E-state index in [9.17, 15) is 5.26 Å². The molecule has 0 aromatic heterocycles. The molecule has 0 radical (unpaired) electrons. The fourth-order valence-electron chi connectivity index (χ4n) is 2.61. The number of nitriles is 1. The Morgan fingerprint density at radius 1 is 1.28 bits per heavy atom. The topological polar surface area (TPSA) is 45.0 Å². The minimum absolute atomic E-state index is 0.176. The van der Waals surface area contributed by atoms with Crippen molar-refractivity contribution in [3.05, 3.63) is 0 Å². The van der Waals surface area contributed by atoms with Gasteiger partial charge in [0.05, 0.1) is 18.6 Å². The summed E-state index contributed by atoms with van der Waals surface area (Å²) in [5, 5.41) is 13.0. The highest BCUT2D eigenvalue weighted by atomic mass is 16.5. The fourth-order valence-corrected chi connectivity index (χ4v) is 2.61. The van der Waals surface area contributed by atoms with Gasteiger partial charge in [0, 0.05) is 18.7 Å². The Morgan fingerprint density at radius 3 is 2.61 bits per heavy atom.